The number of carbonyl (C=O) groups is 2. The number of carbonyl (C=O) groups excluding carboxylic acids is 2. The molecule has 6 heteroatoms. The highest BCUT2D eigenvalue weighted by Gasteiger charge is 2.42. The highest BCUT2D eigenvalue weighted by atomic mass is 16.7. The number of esters is 2. The van der Waals surface area contributed by atoms with E-state index in [0.29, 0.717) is 0 Å². The summed E-state index contributed by atoms with van der Waals surface area (Å²) in [4.78, 5) is 22.9. The molecule has 0 saturated carbocycles. The Labute approximate surface area is 98.5 Å². The van der Waals surface area contributed by atoms with Gasteiger partial charge >= 0.3 is 11.9 Å². The van der Waals surface area contributed by atoms with E-state index < -0.39 is 24.1 Å². The molecule has 0 aliphatic carbocycles. The van der Waals surface area contributed by atoms with E-state index in [9.17, 15) is 9.59 Å². The average molecular weight is 240 g/mol. The van der Waals surface area contributed by atoms with Gasteiger partial charge in [0.1, 0.15) is 13.4 Å². The lowest BCUT2D eigenvalue weighted by Crippen LogP contribution is -2.39. The van der Waals surface area contributed by atoms with E-state index in [-0.39, 0.29) is 20.0 Å². The summed E-state index contributed by atoms with van der Waals surface area (Å²) in [6.07, 6.45) is 4.07. The van der Waals surface area contributed by atoms with Crippen molar-refractivity contribution in [2.45, 2.75) is 12.2 Å². The molecule has 2 atom stereocenters. The second-order valence-corrected chi connectivity index (χ2v) is 3.02. The second kappa shape index (κ2) is 6.68. The molecule has 1 saturated heterocycles. The normalized spacial score (nSPS) is 22.5. The molecule has 6 nitrogen and oxygen atoms in total. The number of terminal acetylenes is 1. The summed E-state index contributed by atoms with van der Waals surface area (Å²) in [6, 6.07) is 0. The Kier molecular flexibility index (Phi) is 5.20. The summed E-state index contributed by atoms with van der Waals surface area (Å²) in [5, 5.41) is 0. The summed E-state index contributed by atoms with van der Waals surface area (Å²) in [5.41, 5.74) is 0. The molecule has 1 aliphatic heterocycles. The van der Waals surface area contributed by atoms with Crippen molar-refractivity contribution < 1.29 is 28.5 Å². The van der Waals surface area contributed by atoms with Crippen LogP contribution < -0.4 is 0 Å². The standard InChI is InChI=1S/C11H12O6/c1-3-5-14-10(12)8-9(17-7-16-8)11(13)15-6-4-2/h1,4,8-9H,2,5-7H2. The van der Waals surface area contributed by atoms with E-state index in [1.54, 1.807) is 0 Å². The van der Waals surface area contributed by atoms with Crippen LogP contribution in [0.1, 0.15) is 0 Å². The first-order valence-corrected chi connectivity index (χ1v) is 4.81. The van der Waals surface area contributed by atoms with Crippen LogP contribution in [0.4, 0.5) is 0 Å². The molecule has 1 fully saturated rings. The lowest BCUT2D eigenvalue weighted by Gasteiger charge is -2.13. The predicted octanol–water partition coefficient (Wildman–Crippen LogP) is -0.367. The zero-order valence-corrected chi connectivity index (χ0v) is 9.09. The van der Waals surface area contributed by atoms with Gasteiger partial charge in [-0.3, -0.25) is 0 Å². The van der Waals surface area contributed by atoms with Gasteiger partial charge in [-0.25, -0.2) is 9.59 Å². The van der Waals surface area contributed by atoms with Crippen LogP contribution in [0.3, 0.4) is 0 Å². The van der Waals surface area contributed by atoms with Gasteiger partial charge < -0.3 is 18.9 Å². The summed E-state index contributed by atoms with van der Waals surface area (Å²) in [7, 11) is 0. The Balaban J connectivity index is 2.53. The van der Waals surface area contributed by atoms with Crippen molar-refractivity contribution in [1.82, 2.24) is 0 Å². The molecule has 92 valence electrons. The van der Waals surface area contributed by atoms with Crippen LogP contribution in [-0.4, -0.2) is 44.2 Å². The molecule has 1 aliphatic rings. The molecule has 2 unspecified atom stereocenters. The van der Waals surface area contributed by atoms with Crippen molar-refractivity contribution in [1.29, 1.82) is 0 Å². The average Bonchev–Trinajstić information content (AvgIpc) is 2.82. The fourth-order valence-electron chi connectivity index (χ4n) is 1.16. The quantitative estimate of drug-likeness (QED) is 0.371. The van der Waals surface area contributed by atoms with E-state index in [4.69, 9.17) is 20.6 Å². The zero-order chi connectivity index (χ0) is 12.7. The number of hydrogen-bond acceptors (Lipinski definition) is 6. The third-order valence-corrected chi connectivity index (χ3v) is 1.88. The molecule has 17 heavy (non-hydrogen) atoms. The van der Waals surface area contributed by atoms with Gasteiger partial charge in [0.25, 0.3) is 0 Å². The number of rotatable bonds is 5. The van der Waals surface area contributed by atoms with Gasteiger partial charge in [-0.1, -0.05) is 18.6 Å². The smallest absolute Gasteiger partial charge is 0.339 e. The van der Waals surface area contributed by atoms with Gasteiger partial charge in [0.15, 0.2) is 18.8 Å². The molecule has 0 N–H and O–H groups in total. The molecular formula is C11H12O6. The maximum absolute atomic E-state index is 11.5. The van der Waals surface area contributed by atoms with Crippen LogP contribution in [-0.2, 0) is 28.5 Å². The molecule has 0 amide bonds. The van der Waals surface area contributed by atoms with Gasteiger partial charge in [-0.05, 0) is 0 Å². The van der Waals surface area contributed by atoms with Crippen LogP contribution in [0.15, 0.2) is 12.7 Å². The molecule has 0 aromatic heterocycles. The van der Waals surface area contributed by atoms with Crippen molar-refractivity contribution >= 4 is 11.9 Å². The largest absolute Gasteiger partial charge is 0.459 e. The zero-order valence-electron chi connectivity index (χ0n) is 9.09. The SMILES string of the molecule is C#CCOC(=O)C1OCOC1C(=O)OCC=C. The highest BCUT2D eigenvalue weighted by molar-refractivity contribution is 5.86. The topological polar surface area (TPSA) is 71.1 Å². The van der Waals surface area contributed by atoms with Gasteiger partial charge in [0.05, 0.1) is 0 Å². The maximum Gasteiger partial charge on any atom is 0.339 e. The fraction of sp³-hybridized carbons (Fsp3) is 0.455. The number of ether oxygens (including phenoxy) is 4. The van der Waals surface area contributed by atoms with E-state index in [1.807, 2.05) is 0 Å². The van der Waals surface area contributed by atoms with Crippen molar-refractivity contribution in [3.05, 3.63) is 12.7 Å². The van der Waals surface area contributed by atoms with Gasteiger partial charge in [0.2, 0.25) is 0 Å². The summed E-state index contributed by atoms with van der Waals surface area (Å²) < 4.78 is 19.3. The van der Waals surface area contributed by atoms with E-state index >= 15 is 0 Å². The van der Waals surface area contributed by atoms with Gasteiger partial charge in [0, 0.05) is 0 Å². The Bertz CT molecular complexity index is 342. The van der Waals surface area contributed by atoms with Crippen LogP contribution >= 0.6 is 0 Å². The van der Waals surface area contributed by atoms with Crippen LogP contribution in [0, 0.1) is 12.3 Å². The van der Waals surface area contributed by atoms with E-state index in [0.717, 1.165) is 0 Å². The Hall–Kier alpha value is -1.84. The molecule has 0 aromatic rings. The van der Waals surface area contributed by atoms with Crippen LogP contribution in [0.25, 0.3) is 0 Å². The minimum atomic E-state index is -1.14. The molecule has 1 rings (SSSR count). The van der Waals surface area contributed by atoms with Gasteiger partial charge in [-0.2, -0.15) is 0 Å². The molecule has 0 bridgehead atoms. The maximum atomic E-state index is 11.5. The molecule has 0 radical (unpaired) electrons. The van der Waals surface area contributed by atoms with E-state index in [1.165, 1.54) is 6.08 Å². The summed E-state index contributed by atoms with van der Waals surface area (Å²) in [6.45, 7) is 3.06. The Morgan fingerprint density at radius 2 is 1.94 bits per heavy atom. The Morgan fingerprint density at radius 1 is 1.35 bits per heavy atom. The molecule has 0 spiro atoms. The predicted molar refractivity (Wildman–Crippen MR) is 55.6 cm³/mol. The lowest BCUT2D eigenvalue weighted by molar-refractivity contribution is -0.162. The minimum Gasteiger partial charge on any atom is -0.459 e. The van der Waals surface area contributed by atoms with Gasteiger partial charge in [-0.15, -0.1) is 6.42 Å². The third-order valence-electron chi connectivity index (χ3n) is 1.88. The molecular weight excluding hydrogens is 228 g/mol. The van der Waals surface area contributed by atoms with Crippen molar-refractivity contribution in [2.24, 2.45) is 0 Å². The molecule has 0 aromatic carbocycles. The monoisotopic (exact) mass is 240 g/mol. The summed E-state index contributed by atoms with van der Waals surface area (Å²) >= 11 is 0. The van der Waals surface area contributed by atoms with Crippen molar-refractivity contribution in [3.8, 4) is 12.3 Å². The van der Waals surface area contributed by atoms with E-state index in [2.05, 4.69) is 17.2 Å². The minimum absolute atomic E-state index is 0.0326. The van der Waals surface area contributed by atoms with Crippen LogP contribution in [0.2, 0.25) is 0 Å². The Morgan fingerprint density at radius 3 is 2.47 bits per heavy atom. The highest BCUT2D eigenvalue weighted by Crippen LogP contribution is 2.16. The van der Waals surface area contributed by atoms with Crippen molar-refractivity contribution in [3.63, 3.8) is 0 Å². The van der Waals surface area contributed by atoms with Crippen LogP contribution in [0.5, 0.6) is 0 Å². The third kappa shape index (κ3) is 3.59. The first kappa shape index (κ1) is 13.2. The lowest BCUT2D eigenvalue weighted by atomic mass is 10.2. The van der Waals surface area contributed by atoms with Crippen molar-refractivity contribution in [2.75, 3.05) is 20.0 Å². The summed E-state index contributed by atoms with van der Waals surface area (Å²) in [5.74, 6) is 0.679. The first-order chi connectivity index (χ1) is 8.20. The fourth-order valence-corrected chi connectivity index (χ4v) is 1.16. The number of hydrogen-bond donors (Lipinski definition) is 0. The second-order valence-electron chi connectivity index (χ2n) is 3.02. The first-order valence-electron chi connectivity index (χ1n) is 4.81. The molecule has 1 heterocycles.